The van der Waals surface area contributed by atoms with E-state index >= 15 is 0 Å². The lowest BCUT2D eigenvalue weighted by atomic mass is 9.70. The summed E-state index contributed by atoms with van der Waals surface area (Å²) in [4.78, 5) is 0. The standard InChI is InChI=1S/C27H44O3/c1-4-23(18-20(2)24-10-14-26(28)15-11-24)25-12-16-27(17-13-25)30-21(3)29-19-22-8-6-5-7-9-22/h5-9,20-21,23-28H,4,10-19H2,1-3H3. The summed E-state index contributed by atoms with van der Waals surface area (Å²) in [5.41, 5.74) is 1.20. The molecule has 3 atom stereocenters. The van der Waals surface area contributed by atoms with Crippen LogP contribution in [0.15, 0.2) is 30.3 Å². The van der Waals surface area contributed by atoms with E-state index in [0.29, 0.717) is 12.7 Å². The van der Waals surface area contributed by atoms with E-state index in [1.165, 1.54) is 56.9 Å². The van der Waals surface area contributed by atoms with Gasteiger partial charge in [0, 0.05) is 0 Å². The molecule has 2 fully saturated rings. The molecular formula is C27H44O3. The molecule has 0 spiro atoms. The smallest absolute Gasteiger partial charge is 0.155 e. The van der Waals surface area contributed by atoms with Gasteiger partial charge in [0.1, 0.15) is 0 Å². The lowest BCUT2D eigenvalue weighted by Crippen LogP contribution is -2.31. The molecule has 3 rings (SSSR count). The second kappa shape index (κ2) is 12.2. The normalized spacial score (nSPS) is 30.5. The van der Waals surface area contributed by atoms with Gasteiger partial charge >= 0.3 is 0 Å². The maximum Gasteiger partial charge on any atom is 0.155 e. The molecule has 0 radical (unpaired) electrons. The number of hydrogen-bond acceptors (Lipinski definition) is 3. The Kier molecular flexibility index (Phi) is 9.67. The van der Waals surface area contributed by atoms with E-state index in [-0.39, 0.29) is 12.4 Å². The van der Waals surface area contributed by atoms with E-state index < -0.39 is 0 Å². The fourth-order valence-corrected chi connectivity index (χ4v) is 5.83. The molecule has 1 aromatic carbocycles. The van der Waals surface area contributed by atoms with Crippen LogP contribution in [0.2, 0.25) is 0 Å². The molecule has 2 aliphatic rings. The second-order valence-corrected chi connectivity index (χ2v) is 9.99. The molecule has 3 heteroatoms. The third-order valence-electron chi connectivity index (χ3n) is 7.84. The predicted octanol–water partition coefficient (Wildman–Crippen LogP) is 6.73. The van der Waals surface area contributed by atoms with Crippen molar-refractivity contribution in [2.24, 2.45) is 23.7 Å². The van der Waals surface area contributed by atoms with E-state index in [9.17, 15) is 5.11 Å². The molecule has 170 valence electrons. The first-order chi connectivity index (χ1) is 14.5. The molecule has 0 bridgehead atoms. The zero-order valence-electron chi connectivity index (χ0n) is 19.5. The third-order valence-corrected chi connectivity index (χ3v) is 7.84. The highest BCUT2D eigenvalue weighted by atomic mass is 16.7. The summed E-state index contributed by atoms with van der Waals surface area (Å²) in [7, 11) is 0. The Bertz CT molecular complexity index is 573. The van der Waals surface area contributed by atoms with E-state index in [0.717, 1.165) is 36.5 Å². The van der Waals surface area contributed by atoms with Gasteiger partial charge in [-0.25, -0.2) is 0 Å². The summed E-state index contributed by atoms with van der Waals surface area (Å²) in [5, 5.41) is 9.80. The van der Waals surface area contributed by atoms with Crippen molar-refractivity contribution in [3.8, 4) is 0 Å². The number of aliphatic hydroxyl groups is 1. The molecule has 0 amide bonds. The van der Waals surface area contributed by atoms with Crippen molar-refractivity contribution >= 4 is 0 Å². The molecular weight excluding hydrogens is 372 g/mol. The van der Waals surface area contributed by atoms with Gasteiger partial charge in [-0.2, -0.15) is 0 Å². The van der Waals surface area contributed by atoms with Crippen molar-refractivity contribution in [3.05, 3.63) is 35.9 Å². The minimum absolute atomic E-state index is 0.0373. The zero-order valence-corrected chi connectivity index (χ0v) is 19.5. The topological polar surface area (TPSA) is 38.7 Å². The Balaban J connectivity index is 1.36. The first-order valence-corrected chi connectivity index (χ1v) is 12.5. The van der Waals surface area contributed by atoms with Gasteiger partial charge in [0.2, 0.25) is 0 Å². The summed E-state index contributed by atoms with van der Waals surface area (Å²) in [5.74, 6) is 3.32. The SMILES string of the molecule is CCC(CC(C)C1CCC(O)CC1)C1CCC(OC(C)OCc2ccccc2)CC1. The maximum absolute atomic E-state index is 9.80. The van der Waals surface area contributed by atoms with Crippen LogP contribution in [0.5, 0.6) is 0 Å². The van der Waals surface area contributed by atoms with Gasteiger partial charge in [0.05, 0.1) is 18.8 Å². The third kappa shape index (κ3) is 7.35. The van der Waals surface area contributed by atoms with Gasteiger partial charge in [0.25, 0.3) is 0 Å². The maximum atomic E-state index is 9.80. The van der Waals surface area contributed by atoms with Gasteiger partial charge in [0.15, 0.2) is 6.29 Å². The molecule has 0 aromatic heterocycles. The number of aliphatic hydroxyl groups excluding tert-OH is 1. The molecule has 0 saturated heterocycles. The van der Waals surface area contributed by atoms with Crippen LogP contribution in [0, 0.1) is 23.7 Å². The van der Waals surface area contributed by atoms with Crippen LogP contribution < -0.4 is 0 Å². The summed E-state index contributed by atoms with van der Waals surface area (Å²) in [6.45, 7) is 7.49. The molecule has 0 heterocycles. The van der Waals surface area contributed by atoms with Gasteiger partial charge in [-0.1, -0.05) is 50.6 Å². The van der Waals surface area contributed by atoms with Gasteiger partial charge in [-0.3, -0.25) is 0 Å². The average Bonchev–Trinajstić information content (AvgIpc) is 2.78. The molecule has 1 N–H and O–H groups in total. The van der Waals surface area contributed by atoms with Crippen LogP contribution in [-0.4, -0.2) is 23.6 Å². The summed E-state index contributed by atoms with van der Waals surface area (Å²) < 4.78 is 12.1. The Morgan fingerprint density at radius 2 is 1.53 bits per heavy atom. The van der Waals surface area contributed by atoms with E-state index in [2.05, 4.69) is 26.0 Å². The van der Waals surface area contributed by atoms with Crippen molar-refractivity contribution in [3.63, 3.8) is 0 Å². The molecule has 1 aromatic rings. The lowest BCUT2D eigenvalue weighted by Gasteiger charge is -2.37. The summed E-state index contributed by atoms with van der Waals surface area (Å²) in [6, 6.07) is 10.3. The number of rotatable bonds is 10. The van der Waals surface area contributed by atoms with Crippen molar-refractivity contribution in [2.45, 2.75) is 110 Å². The van der Waals surface area contributed by atoms with Crippen molar-refractivity contribution in [2.75, 3.05) is 0 Å². The Hall–Kier alpha value is -0.900. The highest BCUT2D eigenvalue weighted by molar-refractivity contribution is 5.13. The lowest BCUT2D eigenvalue weighted by molar-refractivity contribution is -0.174. The average molecular weight is 417 g/mol. The Morgan fingerprint density at radius 3 is 2.17 bits per heavy atom. The Morgan fingerprint density at radius 1 is 0.900 bits per heavy atom. The first-order valence-electron chi connectivity index (χ1n) is 12.5. The fourth-order valence-electron chi connectivity index (χ4n) is 5.83. The van der Waals surface area contributed by atoms with Crippen molar-refractivity contribution in [1.29, 1.82) is 0 Å². The molecule has 30 heavy (non-hydrogen) atoms. The Labute approximate surface area is 184 Å². The minimum Gasteiger partial charge on any atom is -0.393 e. The van der Waals surface area contributed by atoms with Crippen LogP contribution in [-0.2, 0) is 16.1 Å². The summed E-state index contributed by atoms with van der Waals surface area (Å²) >= 11 is 0. The van der Waals surface area contributed by atoms with E-state index in [1.807, 2.05) is 25.1 Å². The molecule has 2 saturated carbocycles. The van der Waals surface area contributed by atoms with Gasteiger partial charge < -0.3 is 14.6 Å². The van der Waals surface area contributed by atoms with Crippen LogP contribution in [0.3, 0.4) is 0 Å². The molecule has 2 aliphatic carbocycles. The van der Waals surface area contributed by atoms with Gasteiger partial charge in [-0.05, 0) is 93.9 Å². The van der Waals surface area contributed by atoms with Crippen LogP contribution in [0.4, 0.5) is 0 Å². The first kappa shape index (κ1) is 23.8. The van der Waals surface area contributed by atoms with Crippen LogP contribution >= 0.6 is 0 Å². The minimum atomic E-state index is -0.143. The number of ether oxygens (including phenoxy) is 2. The second-order valence-electron chi connectivity index (χ2n) is 9.99. The predicted molar refractivity (Wildman–Crippen MR) is 123 cm³/mol. The van der Waals surface area contributed by atoms with E-state index in [4.69, 9.17) is 9.47 Å². The van der Waals surface area contributed by atoms with Crippen LogP contribution in [0.25, 0.3) is 0 Å². The highest BCUT2D eigenvalue weighted by Gasteiger charge is 2.31. The summed E-state index contributed by atoms with van der Waals surface area (Å²) in [6.07, 6.45) is 12.2. The zero-order chi connectivity index (χ0) is 21.3. The van der Waals surface area contributed by atoms with Crippen molar-refractivity contribution in [1.82, 2.24) is 0 Å². The van der Waals surface area contributed by atoms with Gasteiger partial charge in [-0.15, -0.1) is 0 Å². The monoisotopic (exact) mass is 416 g/mol. The largest absolute Gasteiger partial charge is 0.393 e. The quantitative estimate of drug-likeness (QED) is 0.430. The molecule has 3 unspecified atom stereocenters. The fraction of sp³-hybridized carbons (Fsp3) is 0.778. The molecule has 0 aliphatic heterocycles. The number of hydrogen-bond donors (Lipinski definition) is 1. The highest BCUT2D eigenvalue weighted by Crippen LogP contribution is 2.40. The van der Waals surface area contributed by atoms with E-state index in [1.54, 1.807) is 0 Å². The van der Waals surface area contributed by atoms with Crippen molar-refractivity contribution < 1.29 is 14.6 Å². The molecule has 3 nitrogen and oxygen atoms in total. The van der Waals surface area contributed by atoms with Crippen LogP contribution in [0.1, 0.15) is 90.5 Å². The number of benzene rings is 1.